The number of benzene rings is 2. The third-order valence-corrected chi connectivity index (χ3v) is 9.53. The van der Waals surface area contributed by atoms with E-state index in [4.69, 9.17) is 34.0 Å². The highest BCUT2D eigenvalue weighted by Gasteiger charge is 2.58. The van der Waals surface area contributed by atoms with Gasteiger partial charge in [0.15, 0.2) is 5.82 Å². The van der Waals surface area contributed by atoms with E-state index in [0.717, 1.165) is 6.07 Å². The number of hydrogen-bond acceptors (Lipinski definition) is 7. The molecule has 2 fully saturated rings. The standard InChI is InChI=1S/C32H38Cl2F2N6O4/c1-18(2)14-24-32(37,21-7-6-19(33)15-23(21)35)27(20-4-3-5-22(34)28(20)36)29(38-24)30(45)39-25-8-11-42(40-25)17-31(46)9-12-41(13-10-31)16-26(43)44/h3-8,11,15,18,24,27,29,38,46H,9-10,12-14,16-17,37H2,1-2H3,(H,43,44)(H,39,40,45)/t24-,27-,29?,32+/m0/s1. The van der Waals surface area contributed by atoms with Crippen LogP contribution in [0.3, 0.4) is 0 Å². The monoisotopic (exact) mass is 678 g/mol. The maximum absolute atomic E-state index is 15.7. The Balaban J connectivity index is 1.44. The number of carbonyl (C=O) groups is 2. The number of carbonyl (C=O) groups excluding carboxylic acids is 1. The van der Waals surface area contributed by atoms with Gasteiger partial charge in [-0.05, 0) is 48.9 Å². The minimum absolute atomic E-state index is 0.0604. The molecule has 46 heavy (non-hydrogen) atoms. The van der Waals surface area contributed by atoms with Gasteiger partial charge in [-0.25, -0.2) is 8.78 Å². The SMILES string of the molecule is CC(C)C[C@@H]1NC(C(=O)Nc2ccn(CC3(O)CCN(CC(=O)O)CC3)n2)[C@H](c2cccc(Cl)c2F)[C@@]1(N)c1ccc(Cl)cc1F. The van der Waals surface area contributed by atoms with Crippen molar-refractivity contribution in [1.29, 1.82) is 0 Å². The minimum atomic E-state index is -1.59. The summed E-state index contributed by atoms with van der Waals surface area (Å²) in [5.41, 5.74) is 4.63. The lowest BCUT2D eigenvalue weighted by Gasteiger charge is -2.38. The van der Waals surface area contributed by atoms with Crippen molar-refractivity contribution < 1.29 is 28.6 Å². The van der Waals surface area contributed by atoms with Crippen LogP contribution in [-0.2, 0) is 21.7 Å². The predicted molar refractivity (Wildman–Crippen MR) is 171 cm³/mol. The molecule has 6 N–H and O–H groups in total. The summed E-state index contributed by atoms with van der Waals surface area (Å²) in [7, 11) is 0. The zero-order valence-electron chi connectivity index (χ0n) is 25.5. The fourth-order valence-corrected chi connectivity index (χ4v) is 7.14. The van der Waals surface area contributed by atoms with Crippen molar-refractivity contribution >= 4 is 40.9 Å². The van der Waals surface area contributed by atoms with Gasteiger partial charge < -0.3 is 26.6 Å². The number of rotatable bonds is 10. The Kier molecular flexibility index (Phi) is 10.1. The van der Waals surface area contributed by atoms with Crippen molar-refractivity contribution in [3.63, 3.8) is 0 Å². The molecule has 4 atom stereocenters. The Hall–Kier alpha value is -3.13. The Labute approximate surface area is 275 Å². The van der Waals surface area contributed by atoms with Crippen molar-refractivity contribution in [2.75, 3.05) is 25.0 Å². The van der Waals surface area contributed by atoms with Crippen LogP contribution in [0.5, 0.6) is 0 Å². The maximum Gasteiger partial charge on any atom is 0.317 e. The first-order valence-corrected chi connectivity index (χ1v) is 15.9. The van der Waals surface area contributed by atoms with E-state index in [1.165, 1.54) is 28.9 Å². The lowest BCUT2D eigenvalue weighted by atomic mass is 9.69. The van der Waals surface area contributed by atoms with Gasteiger partial charge >= 0.3 is 5.97 Å². The molecular formula is C32H38Cl2F2N6O4. The molecule has 2 aliphatic rings. The molecule has 2 aliphatic heterocycles. The Morgan fingerprint density at radius 1 is 1.17 bits per heavy atom. The fourth-order valence-electron chi connectivity index (χ4n) is 6.80. The molecule has 1 unspecified atom stereocenters. The summed E-state index contributed by atoms with van der Waals surface area (Å²) >= 11 is 12.3. The molecule has 10 nitrogen and oxygen atoms in total. The van der Waals surface area contributed by atoms with Crippen LogP contribution in [0.4, 0.5) is 14.6 Å². The minimum Gasteiger partial charge on any atom is -0.480 e. The van der Waals surface area contributed by atoms with Gasteiger partial charge in [0.25, 0.3) is 0 Å². The van der Waals surface area contributed by atoms with Gasteiger partial charge in [0.05, 0.1) is 35.3 Å². The number of aromatic nitrogens is 2. The molecule has 0 bridgehead atoms. The molecule has 0 spiro atoms. The highest BCUT2D eigenvalue weighted by atomic mass is 35.5. The summed E-state index contributed by atoms with van der Waals surface area (Å²) in [4.78, 5) is 26.8. The molecule has 14 heteroatoms. The number of nitrogens with two attached hydrogens (primary N) is 1. The molecule has 1 amide bonds. The molecule has 3 heterocycles. The fraction of sp³-hybridized carbons (Fsp3) is 0.469. The van der Waals surface area contributed by atoms with Gasteiger partial charge in [0.1, 0.15) is 11.6 Å². The molecule has 2 saturated heterocycles. The smallest absolute Gasteiger partial charge is 0.317 e. The summed E-state index contributed by atoms with van der Waals surface area (Å²) in [6, 6.07) is 8.38. The van der Waals surface area contributed by atoms with E-state index >= 15 is 8.78 Å². The molecule has 248 valence electrons. The van der Waals surface area contributed by atoms with Gasteiger partial charge in [-0.1, -0.05) is 55.2 Å². The van der Waals surface area contributed by atoms with Crippen LogP contribution in [0.2, 0.25) is 10.0 Å². The van der Waals surface area contributed by atoms with Gasteiger partial charge in [-0.3, -0.25) is 19.2 Å². The molecular weight excluding hydrogens is 641 g/mol. The molecule has 1 aromatic heterocycles. The number of piperidine rings is 1. The van der Waals surface area contributed by atoms with Crippen molar-refractivity contribution in [1.82, 2.24) is 20.0 Å². The number of carboxylic acids is 1. The van der Waals surface area contributed by atoms with Gasteiger partial charge in [-0.2, -0.15) is 5.10 Å². The largest absolute Gasteiger partial charge is 0.480 e. The number of anilines is 1. The number of hydrogen-bond donors (Lipinski definition) is 5. The quantitative estimate of drug-likeness (QED) is 0.213. The number of amides is 1. The van der Waals surface area contributed by atoms with Crippen LogP contribution in [0.1, 0.15) is 50.2 Å². The van der Waals surface area contributed by atoms with Crippen molar-refractivity contribution in [3.05, 3.63) is 81.5 Å². The third kappa shape index (κ3) is 7.07. The van der Waals surface area contributed by atoms with Crippen molar-refractivity contribution in [3.8, 4) is 0 Å². The molecule has 2 aromatic carbocycles. The van der Waals surface area contributed by atoms with Crippen LogP contribution in [0.25, 0.3) is 0 Å². The first-order valence-electron chi connectivity index (χ1n) is 15.2. The first kappa shape index (κ1) is 34.2. The van der Waals surface area contributed by atoms with Crippen LogP contribution in [0.15, 0.2) is 48.7 Å². The topological polar surface area (TPSA) is 146 Å². The maximum atomic E-state index is 15.7. The van der Waals surface area contributed by atoms with E-state index < -0.39 is 52.7 Å². The summed E-state index contributed by atoms with van der Waals surface area (Å²) in [6.07, 6.45) is 2.78. The summed E-state index contributed by atoms with van der Waals surface area (Å²) in [5, 5.41) is 30.7. The van der Waals surface area contributed by atoms with Gasteiger partial charge in [0, 0.05) is 47.9 Å². The van der Waals surface area contributed by atoms with Crippen LogP contribution in [-0.4, -0.2) is 74.1 Å². The van der Waals surface area contributed by atoms with E-state index in [1.54, 1.807) is 23.2 Å². The normalized spacial score (nSPS) is 24.8. The molecule has 0 saturated carbocycles. The molecule has 0 radical (unpaired) electrons. The van der Waals surface area contributed by atoms with E-state index in [2.05, 4.69) is 15.7 Å². The molecule has 3 aromatic rings. The summed E-state index contributed by atoms with van der Waals surface area (Å²) < 4.78 is 32.9. The second-order valence-corrected chi connectivity index (χ2v) is 13.6. The second-order valence-electron chi connectivity index (χ2n) is 12.8. The Morgan fingerprint density at radius 2 is 1.89 bits per heavy atom. The van der Waals surface area contributed by atoms with Crippen molar-refractivity contribution in [2.24, 2.45) is 11.7 Å². The van der Waals surface area contributed by atoms with Gasteiger partial charge in [0.2, 0.25) is 5.91 Å². The number of likely N-dealkylation sites (tertiary alicyclic amines) is 1. The number of nitrogens with one attached hydrogen (secondary N) is 2. The van der Waals surface area contributed by atoms with E-state index in [1.807, 2.05) is 13.8 Å². The summed E-state index contributed by atoms with van der Waals surface area (Å²) in [6.45, 7) is 4.85. The van der Waals surface area contributed by atoms with Crippen LogP contribution in [0, 0.1) is 17.6 Å². The second kappa shape index (κ2) is 13.5. The van der Waals surface area contributed by atoms with E-state index in [-0.39, 0.29) is 46.0 Å². The van der Waals surface area contributed by atoms with Crippen LogP contribution >= 0.6 is 23.2 Å². The highest BCUT2D eigenvalue weighted by Crippen LogP contribution is 2.49. The van der Waals surface area contributed by atoms with Crippen molar-refractivity contribution in [2.45, 2.75) is 68.8 Å². The van der Waals surface area contributed by atoms with E-state index in [9.17, 15) is 14.7 Å². The lowest BCUT2D eigenvalue weighted by Crippen LogP contribution is -2.51. The Morgan fingerprint density at radius 3 is 2.54 bits per heavy atom. The average Bonchev–Trinajstić information content (AvgIpc) is 3.52. The number of aliphatic hydroxyl groups is 1. The number of halogens is 4. The zero-order chi connectivity index (χ0) is 33.4. The van der Waals surface area contributed by atoms with E-state index in [0.29, 0.717) is 32.4 Å². The zero-order valence-corrected chi connectivity index (χ0v) is 27.0. The molecule has 5 rings (SSSR count). The Bertz CT molecular complexity index is 1600. The number of aliphatic carboxylic acids is 1. The summed E-state index contributed by atoms with van der Waals surface area (Å²) in [5.74, 6) is -3.73. The van der Waals surface area contributed by atoms with Crippen LogP contribution < -0.4 is 16.4 Å². The average molecular weight is 680 g/mol. The first-order chi connectivity index (χ1) is 21.7. The third-order valence-electron chi connectivity index (χ3n) is 9.00. The number of nitrogens with zero attached hydrogens (tertiary/aromatic N) is 3. The lowest BCUT2D eigenvalue weighted by molar-refractivity contribution is -0.139. The predicted octanol–water partition coefficient (Wildman–Crippen LogP) is 4.34. The highest BCUT2D eigenvalue weighted by molar-refractivity contribution is 6.31. The number of carboxylic acid groups (broad SMARTS) is 1. The van der Waals surface area contributed by atoms with Gasteiger partial charge in [-0.15, -0.1) is 0 Å². The molecule has 0 aliphatic carbocycles.